The van der Waals surface area contributed by atoms with Gasteiger partial charge in [-0.15, -0.1) is 0 Å². The second kappa shape index (κ2) is 11.7. The lowest BCUT2D eigenvalue weighted by Gasteiger charge is -2.29. The highest BCUT2D eigenvalue weighted by Gasteiger charge is 2.39. The first-order valence-corrected chi connectivity index (χ1v) is 18.9. The molecule has 0 fully saturated rings. The molecule has 3 heteroatoms. The Morgan fingerprint density at radius 2 is 1.24 bits per heavy atom. The molecule has 0 saturated carbocycles. The van der Waals surface area contributed by atoms with Crippen LogP contribution in [-0.2, 0) is 5.41 Å². The number of hydrogen-bond donors (Lipinski definition) is 0. The minimum atomic E-state index is -0.207. The molecule has 0 amide bonds. The molecule has 1 aliphatic heterocycles. The minimum Gasteiger partial charge on any atom is -0.455 e. The number of fused-ring (bicyclic) bond motifs is 9. The van der Waals surface area contributed by atoms with Gasteiger partial charge in [-0.25, -0.2) is 0 Å². The summed E-state index contributed by atoms with van der Waals surface area (Å²) in [6.45, 7) is 4.74. The van der Waals surface area contributed by atoms with Crippen LogP contribution in [0, 0.1) is 0 Å². The summed E-state index contributed by atoms with van der Waals surface area (Å²) in [4.78, 5) is 4.92. The second-order valence-electron chi connectivity index (χ2n) is 15.3. The van der Waals surface area contributed by atoms with E-state index >= 15 is 0 Å². The monoisotopic (exact) mass is 694 g/mol. The first-order valence-electron chi connectivity index (χ1n) is 18.9. The van der Waals surface area contributed by atoms with Crippen LogP contribution in [0.15, 0.2) is 186 Å². The van der Waals surface area contributed by atoms with Gasteiger partial charge in [0, 0.05) is 56.1 Å². The van der Waals surface area contributed by atoms with Gasteiger partial charge in [-0.05, 0) is 100 Å². The Morgan fingerprint density at radius 3 is 2.09 bits per heavy atom. The van der Waals surface area contributed by atoms with Crippen LogP contribution in [0.25, 0.3) is 44.2 Å². The molecule has 2 heterocycles. The van der Waals surface area contributed by atoms with Crippen LogP contribution >= 0.6 is 0 Å². The van der Waals surface area contributed by atoms with Crippen molar-refractivity contribution < 1.29 is 4.42 Å². The van der Waals surface area contributed by atoms with Crippen molar-refractivity contribution in [3.05, 3.63) is 199 Å². The van der Waals surface area contributed by atoms with Gasteiger partial charge >= 0.3 is 0 Å². The van der Waals surface area contributed by atoms with Crippen LogP contribution in [-0.4, -0.2) is 6.04 Å². The fourth-order valence-electron chi connectivity index (χ4n) is 9.39. The van der Waals surface area contributed by atoms with Crippen LogP contribution in [0.2, 0.25) is 0 Å². The zero-order valence-electron chi connectivity index (χ0n) is 30.3. The zero-order chi connectivity index (χ0) is 36.0. The van der Waals surface area contributed by atoms with Crippen molar-refractivity contribution in [3.8, 4) is 22.3 Å². The molecule has 2 unspecified atom stereocenters. The quantitative estimate of drug-likeness (QED) is 0.179. The smallest absolute Gasteiger partial charge is 0.143 e. The van der Waals surface area contributed by atoms with Gasteiger partial charge in [-0.3, -0.25) is 0 Å². The molecule has 2 atom stereocenters. The lowest BCUT2D eigenvalue weighted by Crippen LogP contribution is -2.28. The molecule has 8 aromatic rings. The topological polar surface area (TPSA) is 19.6 Å². The van der Waals surface area contributed by atoms with Gasteiger partial charge in [0.05, 0.1) is 6.04 Å². The van der Waals surface area contributed by atoms with Gasteiger partial charge in [0.15, 0.2) is 0 Å². The fourth-order valence-corrected chi connectivity index (χ4v) is 9.39. The van der Waals surface area contributed by atoms with Gasteiger partial charge < -0.3 is 14.2 Å². The predicted molar refractivity (Wildman–Crippen MR) is 225 cm³/mol. The molecule has 11 rings (SSSR count). The molecule has 1 aromatic heterocycles. The van der Waals surface area contributed by atoms with E-state index in [9.17, 15) is 0 Å². The van der Waals surface area contributed by atoms with E-state index in [1.807, 2.05) is 6.07 Å². The normalized spacial score (nSPS) is 17.4. The summed E-state index contributed by atoms with van der Waals surface area (Å²) in [6.07, 6.45) is 9.09. The third-order valence-corrected chi connectivity index (χ3v) is 12.0. The van der Waals surface area contributed by atoms with Crippen molar-refractivity contribution in [3.63, 3.8) is 0 Å². The van der Waals surface area contributed by atoms with E-state index in [1.54, 1.807) is 0 Å². The number of para-hydroxylation sites is 4. The average Bonchev–Trinajstić information content (AvgIpc) is 3.84. The third kappa shape index (κ3) is 4.55. The van der Waals surface area contributed by atoms with Gasteiger partial charge in [0.25, 0.3) is 0 Å². The molecule has 0 bridgehead atoms. The largest absolute Gasteiger partial charge is 0.455 e. The van der Waals surface area contributed by atoms with E-state index in [-0.39, 0.29) is 17.4 Å². The van der Waals surface area contributed by atoms with Crippen LogP contribution in [0.3, 0.4) is 0 Å². The molecule has 3 aliphatic rings. The molecule has 0 saturated heterocycles. The maximum Gasteiger partial charge on any atom is 0.143 e. The van der Waals surface area contributed by atoms with Crippen molar-refractivity contribution >= 4 is 50.4 Å². The summed E-state index contributed by atoms with van der Waals surface area (Å²) >= 11 is 0. The highest BCUT2D eigenvalue weighted by atomic mass is 16.3. The predicted octanol–water partition coefficient (Wildman–Crippen LogP) is 13.8. The van der Waals surface area contributed by atoms with Crippen LogP contribution in [0.4, 0.5) is 28.4 Å². The Bertz CT molecular complexity index is 2830. The number of allylic oxidation sites excluding steroid dienone is 2. The van der Waals surface area contributed by atoms with Crippen molar-refractivity contribution in [2.75, 3.05) is 9.80 Å². The number of nitrogens with zero attached hydrogens (tertiary/aromatic N) is 2. The summed E-state index contributed by atoms with van der Waals surface area (Å²) in [7, 11) is 0. The zero-order valence-corrected chi connectivity index (χ0v) is 30.3. The standard InChI is InChI=1S/C51H38N2O/c1-51(2)45-30-33(38-20-13-21-43-42-19-10-12-23-49(42)54-50(38)43)24-27-39(45)40-28-25-37(32-46(40)51)52(34-14-5-3-6-15-34)36-26-29-48-44(31-36)41-18-9-11-22-47(41)53(48)35-16-7-4-8-17-35/h3-32,41,47H,1-2H3. The Hall–Kier alpha value is -6.58. The molecule has 0 spiro atoms. The number of rotatable bonds is 5. The lowest BCUT2D eigenvalue weighted by molar-refractivity contribution is 0.660. The van der Waals surface area contributed by atoms with E-state index in [0.29, 0.717) is 0 Å². The highest BCUT2D eigenvalue weighted by molar-refractivity contribution is 6.09. The number of anilines is 5. The maximum absolute atomic E-state index is 6.47. The summed E-state index contributed by atoms with van der Waals surface area (Å²) in [5.74, 6) is 0.274. The average molecular weight is 695 g/mol. The Morgan fingerprint density at radius 1 is 0.556 bits per heavy atom. The van der Waals surface area contributed by atoms with Gasteiger partial charge in [0.1, 0.15) is 11.2 Å². The molecule has 258 valence electrons. The van der Waals surface area contributed by atoms with Crippen molar-refractivity contribution in [2.24, 2.45) is 0 Å². The van der Waals surface area contributed by atoms with Crippen LogP contribution < -0.4 is 9.80 Å². The third-order valence-electron chi connectivity index (χ3n) is 12.0. The first kappa shape index (κ1) is 31.0. The highest BCUT2D eigenvalue weighted by Crippen LogP contribution is 2.53. The second-order valence-corrected chi connectivity index (χ2v) is 15.3. The number of furan rings is 1. The van der Waals surface area contributed by atoms with E-state index in [2.05, 4.69) is 200 Å². The van der Waals surface area contributed by atoms with E-state index < -0.39 is 0 Å². The fraction of sp³-hybridized carbons (Fsp3) is 0.0980. The summed E-state index contributed by atoms with van der Waals surface area (Å²) < 4.78 is 6.47. The maximum atomic E-state index is 6.47. The molecular formula is C51H38N2O. The van der Waals surface area contributed by atoms with Crippen molar-refractivity contribution in [1.82, 2.24) is 0 Å². The first-order chi connectivity index (χ1) is 26.5. The van der Waals surface area contributed by atoms with Gasteiger partial charge in [-0.1, -0.05) is 129 Å². The van der Waals surface area contributed by atoms with Gasteiger partial charge in [-0.2, -0.15) is 0 Å². The Balaban J connectivity index is 1.02. The van der Waals surface area contributed by atoms with E-state index in [1.165, 1.54) is 44.8 Å². The van der Waals surface area contributed by atoms with Crippen molar-refractivity contribution in [1.29, 1.82) is 0 Å². The molecule has 2 aliphatic carbocycles. The molecule has 0 N–H and O–H groups in total. The van der Waals surface area contributed by atoms with E-state index in [0.717, 1.165) is 44.6 Å². The Kier molecular flexibility index (Phi) is 6.72. The number of benzene rings is 7. The minimum absolute atomic E-state index is 0.207. The molecule has 0 radical (unpaired) electrons. The summed E-state index contributed by atoms with van der Waals surface area (Å²) in [6, 6.07) is 57.7. The van der Waals surface area contributed by atoms with Crippen LogP contribution in [0.1, 0.15) is 36.5 Å². The van der Waals surface area contributed by atoms with Crippen molar-refractivity contribution in [2.45, 2.75) is 31.2 Å². The van der Waals surface area contributed by atoms with E-state index in [4.69, 9.17) is 4.42 Å². The lowest BCUT2D eigenvalue weighted by atomic mass is 9.81. The molecule has 3 nitrogen and oxygen atoms in total. The summed E-state index contributed by atoms with van der Waals surface area (Å²) in [5.41, 5.74) is 16.5. The summed E-state index contributed by atoms with van der Waals surface area (Å²) in [5, 5.41) is 2.31. The van der Waals surface area contributed by atoms with Gasteiger partial charge in [0.2, 0.25) is 0 Å². The Labute approximate surface area is 315 Å². The number of hydrogen-bond acceptors (Lipinski definition) is 3. The SMILES string of the molecule is CC1(C)c2cc(-c3cccc4c3oc3ccccc34)ccc2-c2ccc(N(c3ccccc3)c3ccc4c(c3)C3C=CC=CC3N4c3ccccc3)cc21. The molecule has 54 heavy (non-hydrogen) atoms. The molecular weight excluding hydrogens is 657 g/mol. The molecule has 7 aromatic carbocycles. The van der Waals surface area contributed by atoms with Crippen LogP contribution in [0.5, 0.6) is 0 Å².